The van der Waals surface area contributed by atoms with Crippen LogP contribution in [0, 0.1) is 16.7 Å². The molecule has 4 rings (SSSR count). The molecule has 2 aliphatic heterocycles. The quantitative estimate of drug-likeness (QED) is 0.544. The summed E-state index contributed by atoms with van der Waals surface area (Å²) in [7, 11) is 1.63. The van der Waals surface area contributed by atoms with Crippen LogP contribution < -0.4 is 15.8 Å². The lowest BCUT2D eigenvalue weighted by Gasteiger charge is -2.40. The highest BCUT2D eigenvalue weighted by Crippen LogP contribution is 2.38. The normalized spacial score (nSPS) is 19.8. The van der Waals surface area contributed by atoms with Crippen molar-refractivity contribution in [3.63, 3.8) is 0 Å². The van der Waals surface area contributed by atoms with Crippen LogP contribution in [0.5, 0.6) is 5.75 Å². The summed E-state index contributed by atoms with van der Waals surface area (Å²) in [5, 5.41) is 17.7. The molecular formula is C28H32N6O4. The number of hydrogen-bond acceptors (Lipinski definition) is 7. The Hall–Kier alpha value is -4.23. The first-order valence-electron chi connectivity index (χ1n) is 12.4. The Balaban J connectivity index is 1.59. The Bertz CT molecular complexity index is 1300. The van der Waals surface area contributed by atoms with E-state index in [2.05, 4.69) is 10.4 Å². The third kappa shape index (κ3) is 5.53. The summed E-state index contributed by atoms with van der Waals surface area (Å²) in [6.07, 6.45) is 0.840. The van der Waals surface area contributed by atoms with Crippen molar-refractivity contribution in [3.05, 3.63) is 65.7 Å². The van der Waals surface area contributed by atoms with Gasteiger partial charge in [0.2, 0.25) is 11.8 Å². The minimum absolute atomic E-state index is 0.130. The van der Waals surface area contributed by atoms with E-state index in [1.165, 1.54) is 5.01 Å². The highest BCUT2D eigenvalue weighted by molar-refractivity contribution is 6.13. The molecule has 0 saturated carbocycles. The molecule has 0 bridgehead atoms. The fourth-order valence-corrected chi connectivity index (χ4v) is 4.79. The zero-order chi connectivity index (χ0) is 27.5. The van der Waals surface area contributed by atoms with E-state index in [9.17, 15) is 19.6 Å². The number of benzene rings is 2. The maximum absolute atomic E-state index is 13.8. The van der Waals surface area contributed by atoms with Crippen molar-refractivity contribution in [2.75, 3.05) is 26.7 Å². The standard InChI is InChI=1S/C28H32N6O4/c1-27(2,30)25(36)31-22(17-38-21-11-7-10-20(14-21)16-29)24(35)34-13-12-23-28(18-34,26(37)33(3)32-23)15-19-8-5-4-6-9-19/h4-11,14,22H,12-13,15,17-18,30H2,1-3H3,(H,31,36)/t22?,28-/m1/s1. The van der Waals surface area contributed by atoms with Gasteiger partial charge in [-0.05, 0) is 44.0 Å². The fourth-order valence-electron chi connectivity index (χ4n) is 4.79. The van der Waals surface area contributed by atoms with Crippen LogP contribution in [-0.4, -0.2) is 71.7 Å². The molecule has 0 aliphatic carbocycles. The average molecular weight is 517 g/mol. The van der Waals surface area contributed by atoms with E-state index in [0.717, 1.165) is 11.3 Å². The van der Waals surface area contributed by atoms with E-state index in [-0.39, 0.29) is 25.0 Å². The number of likely N-dealkylation sites (tertiary alicyclic amines) is 1. The number of piperidine rings is 1. The molecule has 2 aromatic carbocycles. The largest absolute Gasteiger partial charge is 0.491 e. The lowest BCUT2D eigenvalue weighted by Crippen LogP contribution is -2.62. The maximum Gasteiger partial charge on any atom is 0.256 e. The zero-order valence-electron chi connectivity index (χ0n) is 21.8. The minimum Gasteiger partial charge on any atom is -0.491 e. The first-order valence-corrected chi connectivity index (χ1v) is 12.4. The first-order chi connectivity index (χ1) is 18.0. The van der Waals surface area contributed by atoms with Gasteiger partial charge in [-0.2, -0.15) is 10.4 Å². The topological polar surface area (TPSA) is 141 Å². The third-order valence-electron chi connectivity index (χ3n) is 6.83. The van der Waals surface area contributed by atoms with Crippen molar-refractivity contribution in [2.24, 2.45) is 16.3 Å². The smallest absolute Gasteiger partial charge is 0.256 e. The molecule has 2 heterocycles. The predicted octanol–water partition coefficient (Wildman–Crippen LogP) is 1.45. The van der Waals surface area contributed by atoms with Gasteiger partial charge in [0.15, 0.2) is 0 Å². The van der Waals surface area contributed by atoms with Gasteiger partial charge < -0.3 is 20.7 Å². The number of ether oxygens (including phenoxy) is 1. The highest BCUT2D eigenvalue weighted by atomic mass is 16.5. The highest BCUT2D eigenvalue weighted by Gasteiger charge is 2.54. The molecule has 1 saturated heterocycles. The summed E-state index contributed by atoms with van der Waals surface area (Å²) in [6.45, 7) is 3.40. The molecule has 2 aliphatic rings. The van der Waals surface area contributed by atoms with Crippen molar-refractivity contribution in [1.29, 1.82) is 5.26 Å². The Labute approximate surface area is 222 Å². The van der Waals surface area contributed by atoms with Crippen molar-refractivity contribution in [2.45, 2.75) is 38.3 Å². The summed E-state index contributed by atoms with van der Waals surface area (Å²) in [5.41, 5.74) is 5.91. The number of hydrazone groups is 1. The second-order valence-corrected chi connectivity index (χ2v) is 10.3. The van der Waals surface area contributed by atoms with Crippen molar-refractivity contribution < 1.29 is 19.1 Å². The molecule has 10 heteroatoms. The third-order valence-corrected chi connectivity index (χ3v) is 6.83. The first kappa shape index (κ1) is 26.8. The predicted molar refractivity (Wildman–Crippen MR) is 141 cm³/mol. The number of amides is 3. The molecule has 0 radical (unpaired) electrons. The molecule has 3 N–H and O–H groups in total. The molecule has 10 nitrogen and oxygen atoms in total. The van der Waals surface area contributed by atoms with Crippen LogP contribution in [0.2, 0.25) is 0 Å². The van der Waals surface area contributed by atoms with Gasteiger partial charge in [-0.25, -0.2) is 5.01 Å². The van der Waals surface area contributed by atoms with Crippen LogP contribution in [0.3, 0.4) is 0 Å². The van der Waals surface area contributed by atoms with Crippen LogP contribution in [0.15, 0.2) is 59.7 Å². The summed E-state index contributed by atoms with van der Waals surface area (Å²) in [4.78, 5) is 41.6. The molecule has 3 amide bonds. The van der Waals surface area contributed by atoms with Crippen LogP contribution >= 0.6 is 0 Å². The number of carbonyl (C=O) groups excluding carboxylic acids is 3. The molecule has 2 atom stereocenters. The Morgan fingerprint density at radius 2 is 1.97 bits per heavy atom. The van der Waals surface area contributed by atoms with E-state index in [4.69, 9.17) is 10.5 Å². The Kier molecular flexibility index (Phi) is 7.51. The summed E-state index contributed by atoms with van der Waals surface area (Å²) >= 11 is 0. The molecular weight excluding hydrogens is 484 g/mol. The molecule has 1 unspecified atom stereocenters. The number of hydrogen-bond donors (Lipinski definition) is 2. The monoisotopic (exact) mass is 516 g/mol. The van der Waals surface area contributed by atoms with Crippen molar-refractivity contribution >= 4 is 23.4 Å². The second kappa shape index (κ2) is 10.6. The SMILES string of the molecule is CN1N=C2CCN(C(=O)C(COc3cccc(C#N)c3)NC(=O)C(C)(C)N)C[C@@]2(Cc2ccccc2)C1=O. The van der Waals surface area contributed by atoms with Gasteiger partial charge >= 0.3 is 0 Å². The van der Waals surface area contributed by atoms with E-state index in [0.29, 0.717) is 30.7 Å². The number of fused-ring (bicyclic) bond motifs is 1. The van der Waals surface area contributed by atoms with E-state index in [1.54, 1.807) is 50.1 Å². The Morgan fingerprint density at radius 3 is 2.66 bits per heavy atom. The van der Waals surface area contributed by atoms with Gasteiger partial charge in [0.1, 0.15) is 23.8 Å². The minimum atomic E-state index is -1.22. The van der Waals surface area contributed by atoms with Gasteiger partial charge in [0, 0.05) is 26.6 Å². The fraction of sp³-hybridized carbons (Fsp3) is 0.393. The number of nitrogens with one attached hydrogen (secondary N) is 1. The maximum atomic E-state index is 13.8. The molecule has 0 spiro atoms. The zero-order valence-corrected chi connectivity index (χ0v) is 21.8. The van der Waals surface area contributed by atoms with E-state index < -0.39 is 22.9 Å². The van der Waals surface area contributed by atoms with Gasteiger partial charge in [-0.15, -0.1) is 0 Å². The van der Waals surface area contributed by atoms with E-state index in [1.807, 2.05) is 36.4 Å². The average Bonchev–Trinajstić information content (AvgIpc) is 3.14. The van der Waals surface area contributed by atoms with Crippen LogP contribution in [0.1, 0.15) is 31.4 Å². The number of nitrogens with zero attached hydrogens (tertiary/aromatic N) is 4. The van der Waals surface area contributed by atoms with Crippen molar-refractivity contribution in [3.8, 4) is 11.8 Å². The molecule has 1 fully saturated rings. The lowest BCUT2D eigenvalue weighted by molar-refractivity contribution is -0.143. The van der Waals surface area contributed by atoms with Gasteiger partial charge in [-0.1, -0.05) is 36.4 Å². The lowest BCUT2D eigenvalue weighted by atomic mass is 9.73. The summed E-state index contributed by atoms with van der Waals surface area (Å²) in [6, 6.07) is 17.2. The van der Waals surface area contributed by atoms with Gasteiger partial charge in [0.05, 0.1) is 22.9 Å². The van der Waals surface area contributed by atoms with Gasteiger partial charge in [0.25, 0.3) is 5.91 Å². The number of nitrogens with two attached hydrogens (primary N) is 1. The summed E-state index contributed by atoms with van der Waals surface area (Å²) < 4.78 is 5.83. The molecule has 198 valence electrons. The Morgan fingerprint density at radius 1 is 1.24 bits per heavy atom. The number of rotatable bonds is 8. The molecule has 38 heavy (non-hydrogen) atoms. The van der Waals surface area contributed by atoms with Crippen molar-refractivity contribution in [1.82, 2.24) is 15.2 Å². The molecule has 0 aromatic heterocycles. The van der Waals surface area contributed by atoms with Gasteiger partial charge in [-0.3, -0.25) is 14.4 Å². The number of nitriles is 1. The van der Waals surface area contributed by atoms with Crippen LogP contribution in [-0.2, 0) is 20.8 Å². The number of carbonyl (C=O) groups is 3. The van der Waals surface area contributed by atoms with E-state index >= 15 is 0 Å². The van der Waals surface area contributed by atoms with Crippen LogP contribution in [0.25, 0.3) is 0 Å². The summed E-state index contributed by atoms with van der Waals surface area (Å²) in [5.74, 6) is -0.667. The second-order valence-electron chi connectivity index (χ2n) is 10.3. The van der Waals surface area contributed by atoms with Crippen LogP contribution in [0.4, 0.5) is 0 Å². The molecule has 2 aromatic rings.